The first-order chi connectivity index (χ1) is 26.8. The molecule has 3 N–H and O–H groups in total. The Balaban J connectivity index is 1.05. The number of hydroxylamine groups is 2. The summed E-state index contributed by atoms with van der Waals surface area (Å²) in [6.45, 7) is 7.03. The highest BCUT2D eigenvalue weighted by Gasteiger charge is 2.62. The Labute approximate surface area is 324 Å². The first kappa shape index (κ1) is 38.1. The number of benzene rings is 2. The second kappa shape index (κ2) is 14.6. The number of carbonyl (C=O) groups is 4. The van der Waals surface area contributed by atoms with Gasteiger partial charge in [0.1, 0.15) is 42.3 Å². The topological polar surface area (TPSA) is 202 Å². The lowest BCUT2D eigenvalue weighted by Gasteiger charge is -2.34. The average Bonchev–Trinajstić information content (AvgIpc) is 3.95. The number of sulfonamides is 1. The van der Waals surface area contributed by atoms with Crippen LogP contribution in [0.4, 0.5) is 4.79 Å². The minimum absolute atomic E-state index is 0.0694. The molecular weight excluding hydrogens is 747 g/mol. The fraction of sp³-hybridized carbons (Fsp3) is 0.513. The maximum absolute atomic E-state index is 14.5. The molecule has 2 heterocycles. The quantitative estimate of drug-likeness (QED) is 0.138. The molecule has 5 fully saturated rings. The molecule has 2 aromatic carbocycles. The minimum Gasteiger partial charge on any atom is -0.444 e. The largest absolute Gasteiger partial charge is 0.444 e. The zero-order valence-corrected chi connectivity index (χ0v) is 31.9. The number of ether oxygens (including phenoxy) is 3. The van der Waals surface area contributed by atoms with Gasteiger partial charge in [0.25, 0.3) is 5.91 Å². The highest BCUT2D eigenvalue weighted by atomic mass is 32.2. The maximum atomic E-state index is 14.5. The number of fused-ring (bicyclic) bond motifs is 4. The zero-order valence-electron chi connectivity index (χ0n) is 31.0. The second-order valence-electron chi connectivity index (χ2n) is 15.7. The van der Waals surface area contributed by atoms with Gasteiger partial charge >= 0.3 is 6.09 Å². The van der Waals surface area contributed by atoms with Crippen LogP contribution in [-0.2, 0) is 43.5 Å². The average molecular weight is 792 g/mol. The molecule has 4 amide bonds. The third-order valence-corrected chi connectivity index (χ3v) is 13.4. The van der Waals surface area contributed by atoms with Crippen LogP contribution >= 0.6 is 0 Å². The molecule has 3 saturated carbocycles. The fourth-order valence-electron chi connectivity index (χ4n) is 8.34. The van der Waals surface area contributed by atoms with Crippen molar-refractivity contribution >= 4 is 39.5 Å². The lowest BCUT2D eigenvalue weighted by atomic mass is 10.0. The van der Waals surface area contributed by atoms with Crippen molar-refractivity contribution in [3.8, 4) is 11.1 Å². The number of oxime groups is 1. The van der Waals surface area contributed by atoms with Gasteiger partial charge in [-0.05, 0) is 36.3 Å². The van der Waals surface area contributed by atoms with E-state index in [4.69, 9.17) is 19.0 Å². The molecule has 2 aromatic rings. The molecule has 0 spiro atoms. The number of hydrogen-bond donors (Lipinski definition) is 3. The predicted octanol–water partition coefficient (Wildman–Crippen LogP) is 2.83. The Kier molecular flexibility index (Phi) is 9.91. The minimum atomic E-state index is -3.93. The van der Waals surface area contributed by atoms with Crippen LogP contribution < -0.4 is 10.0 Å². The summed E-state index contributed by atoms with van der Waals surface area (Å²) >= 11 is 0. The normalized spacial score (nSPS) is 29.1. The summed E-state index contributed by atoms with van der Waals surface area (Å²) in [5.74, 6) is -3.61. The Bertz CT molecular complexity index is 2030. The SMILES string of the molecule is C=C[C@@H]1C[C@@]1(NC(=O)[C@@H]1C[C@@H](ON=C2c3ccccc3-c3ccccc32)CN1C(=O)[C@@H](C(C)C)N(O)C(=O)OC1CC2OCOC2C1)C(=O)NS(=O)(=O)C1CC1. The maximum Gasteiger partial charge on any atom is 0.434 e. The van der Waals surface area contributed by atoms with E-state index in [9.17, 15) is 32.8 Å². The molecule has 2 saturated heterocycles. The van der Waals surface area contributed by atoms with Crippen molar-refractivity contribution in [3.05, 3.63) is 72.3 Å². The van der Waals surface area contributed by atoms with Gasteiger partial charge in [0, 0.05) is 36.3 Å². The molecule has 4 aliphatic carbocycles. The van der Waals surface area contributed by atoms with E-state index in [1.807, 2.05) is 48.5 Å². The lowest BCUT2D eigenvalue weighted by molar-refractivity contribution is -0.164. The number of amides is 4. The van der Waals surface area contributed by atoms with Crippen LogP contribution in [0.5, 0.6) is 0 Å². The summed E-state index contributed by atoms with van der Waals surface area (Å²) in [5.41, 5.74) is 2.64. The van der Waals surface area contributed by atoms with Gasteiger partial charge in [0.05, 0.1) is 24.0 Å². The van der Waals surface area contributed by atoms with Gasteiger partial charge in [-0.15, -0.1) is 6.58 Å². The van der Waals surface area contributed by atoms with Crippen LogP contribution in [-0.4, -0.2) is 114 Å². The van der Waals surface area contributed by atoms with Gasteiger partial charge in [-0.3, -0.25) is 24.3 Å². The molecule has 16 nitrogen and oxygen atoms in total. The van der Waals surface area contributed by atoms with E-state index in [0.29, 0.717) is 31.4 Å². The summed E-state index contributed by atoms with van der Waals surface area (Å²) in [4.78, 5) is 62.9. The van der Waals surface area contributed by atoms with Crippen molar-refractivity contribution in [2.45, 2.75) is 99.7 Å². The Morgan fingerprint density at radius 1 is 0.982 bits per heavy atom. The smallest absolute Gasteiger partial charge is 0.434 e. The zero-order chi connectivity index (χ0) is 39.5. The summed E-state index contributed by atoms with van der Waals surface area (Å²) in [5, 5.41) is 18.1. The third kappa shape index (κ3) is 6.94. The summed E-state index contributed by atoms with van der Waals surface area (Å²) < 4.78 is 44.2. The molecule has 7 atom stereocenters. The standard InChI is InChI=1S/C39H45N5O11S/c1-4-22-18-39(22,37(47)42-56(50,51)25-13-14-25)40-35(45)30-15-24(55-41-33-28-11-7-5-9-26(28)27-10-6-8-12-29(27)33)19-43(30)36(46)34(21(2)3)44(49)38(48)54-23-16-31-32(17-23)53-20-52-31/h4-12,21-25,30-32,34,49H,1,13-20H2,2-3H3,(H,40,45)(H,42,47)/t22-,23?,24-,30+,31?,32?,34-,39+/m1/s1. The number of nitrogens with one attached hydrogen (secondary N) is 2. The second-order valence-corrected chi connectivity index (χ2v) is 17.7. The van der Waals surface area contributed by atoms with Crippen LogP contribution in [0.3, 0.4) is 0 Å². The molecule has 17 heteroatoms. The van der Waals surface area contributed by atoms with Crippen molar-refractivity contribution in [1.82, 2.24) is 20.0 Å². The van der Waals surface area contributed by atoms with E-state index in [1.54, 1.807) is 13.8 Å². The molecule has 8 rings (SSSR count). The predicted molar refractivity (Wildman–Crippen MR) is 198 cm³/mol. The molecule has 56 heavy (non-hydrogen) atoms. The van der Waals surface area contributed by atoms with Crippen molar-refractivity contribution in [2.75, 3.05) is 13.3 Å². The fourth-order valence-corrected chi connectivity index (χ4v) is 9.70. The van der Waals surface area contributed by atoms with E-state index in [2.05, 4.69) is 21.8 Å². The van der Waals surface area contributed by atoms with Crippen LogP contribution in [0.15, 0.2) is 66.3 Å². The van der Waals surface area contributed by atoms with Crippen LogP contribution in [0.1, 0.15) is 63.5 Å². The van der Waals surface area contributed by atoms with Crippen molar-refractivity contribution in [1.29, 1.82) is 0 Å². The molecule has 2 unspecified atom stereocenters. The van der Waals surface area contributed by atoms with E-state index in [-0.39, 0.29) is 43.5 Å². The van der Waals surface area contributed by atoms with Crippen molar-refractivity contribution in [3.63, 3.8) is 0 Å². The van der Waals surface area contributed by atoms with Crippen LogP contribution in [0, 0.1) is 11.8 Å². The van der Waals surface area contributed by atoms with Crippen molar-refractivity contribution < 1.29 is 51.9 Å². The van der Waals surface area contributed by atoms with Crippen LogP contribution in [0.2, 0.25) is 0 Å². The third-order valence-electron chi connectivity index (χ3n) is 11.6. The number of carbonyl (C=O) groups excluding carboxylic acids is 4. The molecular formula is C39H45N5O11S. The summed E-state index contributed by atoms with van der Waals surface area (Å²) in [6, 6.07) is 12.7. The number of likely N-dealkylation sites (tertiary alicyclic amines) is 1. The molecule has 298 valence electrons. The van der Waals surface area contributed by atoms with Crippen molar-refractivity contribution in [2.24, 2.45) is 17.0 Å². The van der Waals surface area contributed by atoms with Gasteiger partial charge in [0.2, 0.25) is 21.8 Å². The molecule has 2 aliphatic heterocycles. The highest BCUT2D eigenvalue weighted by Crippen LogP contribution is 2.46. The Morgan fingerprint density at radius 3 is 2.14 bits per heavy atom. The Hall–Kier alpha value is -4.84. The van der Waals surface area contributed by atoms with Gasteiger partial charge in [-0.25, -0.2) is 13.2 Å². The molecule has 0 aromatic heterocycles. The van der Waals surface area contributed by atoms with E-state index in [1.165, 1.54) is 11.0 Å². The van der Waals surface area contributed by atoms with Gasteiger partial charge < -0.3 is 29.3 Å². The Morgan fingerprint density at radius 2 is 1.59 bits per heavy atom. The summed E-state index contributed by atoms with van der Waals surface area (Å²) in [6.07, 6.45) is 0.0832. The van der Waals surface area contributed by atoms with E-state index < -0.39 is 80.8 Å². The van der Waals surface area contributed by atoms with E-state index in [0.717, 1.165) is 22.3 Å². The summed E-state index contributed by atoms with van der Waals surface area (Å²) in [7, 11) is -3.93. The first-order valence-corrected chi connectivity index (χ1v) is 20.5. The molecule has 0 radical (unpaired) electrons. The van der Waals surface area contributed by atoms with E-state index >= 15 is 0 Å². The number of hydrogen-bond acceptors (Lipinski definition) is 12. The molecule has 6 aliphatic rings. The van der Waals surface area contributed by atoms with Gasteiger partial charge in [-0.2, -0.15) is 5.06 Å². The number of nitrogens with zero attached hydrogens (tertiary/aromatic N) is 3. The number of rotatable bonds is 12. The van der Waals surface area contributed by atoms with Gasteiger partial charge in [-0.1, -0.05) is 73.6 Å². The lowest BCUT2D eigenvalue weighted by Crippen LogP contribution is -2.59. The molecule has 0 bridgehead atoms. The monoisotopic (exact) mass is 791 g/mol. The van der Waals surface area contributed by atoms with Crippen LogP contribution in [0.25, 0.3) is 11.1 Å². The highest BCUT2D eigenvalue weighted by molar-refractivity contribution is 7.91. The van der Waals surface area contributed by atoms with Gasteiger partial charge in [0.15, 0.2) is 0 Å². The first-order valence-electron chi connectivity index (χ1n) is 19.0.